The molecule has 5 nitrogen and oxygen atoms in total. The fourth-order valence-electron chi connectivity index (χ4n) is 4.48. The number of hydrogen-bond donors (Lipinski definition) is 0. The van der Waals surface area contributed by atoms with Gasteiger partial charge in [0.15, 0.2) is 5.82 Å². The maximum Gasteiger partial charge on any atom is 0.170 e. The molecule has 0 unspecified atom stereocenters. The maximum absolute atomic E-state index is 4.58. The summed E-state index contributed by atoms with van der Waals surface area (Å²) in [5.74, 6) is 0.782. The Balaban J connectivity index is 1.67. The van der Waals surface area contributed by atoms with Crippen molar-refractivity contribution < 1.29 is 0 Å². The third-order valence-electron chi connectivity index (χ3n) is 5.97. The van der Waals surface area contributed by atoms with Crippen molar-refractivity contribution in [2.75, 3.05) is 0 Å². The Morgan fingerprint density at radius 3 is 1.88 bits per heavy atom. The summed E-state index contributed by atoms with van der Waals surface area (Å²) in [4.78, 5) is 4.53. The van der Waals surface area contributed by atoms with E-state index in [0.717, 1.165) is 50.4 Å². The largest absolute Gasteiger partial charge is 0.333 e. The lowest BCUT2D eigenvalue weighted by atomic mass is 9.95. The number of aromatic nitrogens is 5. The Hall–Kier alpha value is -4.51. The van der Waals surface area contributed by atoms with Gasteiger partial charge in [-0.2, -0.15) is 0 Å². The normalized spacial score (nSPS) is 11.2. The molecular weight excluding hydrogens is 406 g/mol. The number of nitrogens with zero attached hydrogens (tertiary/aromatic N) is 5. The first-order chi connectivity index (χ1) is 16.3. The molecule has 4 aromatic carbocycles. The van der Waals surface area contributed by atoms with Gasteiger partial charge in [-0.15, -0.1) is 10.2 Å². The molecule has 2 heterocycles. The first-order valence-electron chi connectivity index (χ1n) is 10.9. The molecule has 0 radical (unpaired) electrons. The summed E-state index contributed by atoms with van der Waals surface area (Å²) in [5.41, 5.74) is 8.54. The van der Waals surface area contributed by atoms with Crippen molar-refractivity contribution in [2.24, 2.45) is 7.05 Å². The minimum Gasteiger partial charge on any atom is -0.333 e. The summed E-state index contributed by atoms with van der Waals surface area (Å²) in [6, 6.07) is 33.4. The molecule has 2 aromatic heterocycles. The van der Waals surface area contributed by atoms with Crippen LogP contribution in [0.5, 0.6) is 0 Å². The van der Waals surface area contributed by atoms with Crippen LogP contribution in [0.25, 0.3) is 50.4 Å². The van der Waals surface area contributed by atoms with Crippen molar-refractivity contribution in [3.8, 4) is 39.3 Å². The van der Waals surface area contributed by atoms with Gasteiger partial charge in [0, 0.05) is 23.7 Å². The minimum absolute atomic E-state index is 0.782. The molecule has 33 heavy (non-hydrogen) atoms. The minimum atomic E-state index is 0.782. The lowest BCUT2D eigenvalue weighted by Gasteiger charge is -2.18. The molecule has 0 aliphatic rings. The number of imidazole rings is 1. The van der Waals surface area contributed by atoms with E-state index < -0.39 is 0 Å². The Labute approximate surface area is 191 Å². The summed E-state index contributed by atoms with van der Waals surface area (Å²) in [5, 5.41) is 8.92. The topological polar surface area (TPSA) is 48.5 Å². The lowest BCUT2D eigenvalue weighted by Crippen LogP contribution is -2.03. The predicted octanol–water partition coefficient (Wildman–Crippen LogP) is 6.16. The predicted molar refractivity (Wildman–Crippen MR) is 132 cm³/mol. The number of rotatable bonds is 4. The second-order valence-electron chi connectivity index (χ2n) is 7.99. The average Bonchev–Trinajstić information content (AvgIpc) is 3.52. The van der Waals surface area contributed by atoms with Crippen LogP contribution in [0, 0.1) is 0 Å². The highest BCUT2D eigenvalue weighted by atomic mass is 15.3. The molecule has 0 fully saturated rings. The van der Waals surface area contributed by atoms with Crippen LogP contribution in [-0.4, -0.2) is 24.3 Å². The Morgan fingerprint density at radius 1 is 0.606 bits per heavy atom. The van der Waals surface area contributed by atoms with Crippen molar-refractivity contribution in [3.63, 3.8) is 0 Å². The second kappa shape index (κ2) is 7.88. The highest BCUT2D eigenvalue weighted by Gasteiger charge is 2.20. The number of benzene rings is 4. The van der Waals surface area contributed by atoms with Gasteiger partial charge >= 0.3 is 0 Å². The SMILES string of the molecule is Cn1cnc2cccc(-c3nncn3-c3c(-c4ccccc4)cccc3-c3ccccc3)c21. The van der Waals surface area contributed by atoms with Gasteiger partial charge in [0.1, 0.15) is 6.33 Å². The van der Waals surface area contributed by atoms with E-state index in [1.165, 1.54) is 0 Å². The monoisotopic (exact) mass is 427 g/mol. The number of fused-ring (bicyclic) bond motifs is 1. The zero-order valence-corrected chi connectivity index (χ0v) is 18.1. The van der Waals surface area contributed by atoms with Gasteiger partial charge in [-0.3, -0.25) is 4.57 Å². The lowest BCUT2D eigenvalue weighted by molar-refractivity contribution is 0.945. The van der Waals surface area contributed by atoms with Crippen molar-refractivity contribution >= 4 is 11.0 Å². The standard InChI is InChI=1S/C28H21N5/c1-32-18-29-25-17-9-16-24(27(25)32)28-31-30-19-33(28)26-22(20-10-4-2-5-11-20)14-8-15-23(26)21-12-6-3-7-13-21/h2-19H,1H3. The van der Waals surface area contributed by atoms with Crippen LogP contribution in [-0.2, 0) is 7.05 Å². The molecule has 0 bridgehead atoms. The molecule has 5 heteroatoms. The Bertz CT molecular complexity index is 1500. The fraction of sp³-hybridized carbons (Fsp3) is 0.0357. The molecule has 158 valence electrons. The third-order valence-corrected chi connectivity index (χ3v) is 5.97. The van der Waals surface area contributed by atoms with Crippen LogP contribution in [0.3, 0.4) is 0 Å². The smallest absolute Gasteiger partial charge is 0.170 e. The number of para-hydroxylation sites is 2. The van der Waals surface area contributed by atoms with E-state index >= 15 is 0 Å². The van der Waals surface area contributed by atoms with E-state index in [1.807, 2.05) is 42.2 Å². The molecule has 0 spiro atoms. The van der Waals surface area contributed by atoms with E-state index in [2.05, 4.69) is 92.5 Å². The maximum atomic E-state index is 4.58. The summed E-state index contributed by atoms with van der Waals surface area (Å²) < 4.78 is 4.14. The zero-order chi connectivity index (χ0) is 22.2. The van der Waals surface area contributed by atoms with E-state index in [9.17, 15) is 0 Å². The molecule has 0 saturated carbocycles. The van der Waals surface area contributed by atoms with Gasteiger partial charge in [-0.1, -0.05) is 84.9 Å². The fourth-order valence-corrected chi connectivity index (χ4v) is 4.48. The van der Waals surface area contributed by atoms with Crippen LogP contribution in [0.15, 0.2) is 110 Å². The number of hydrogen-bond acceptors (Lipinski definition) is 3. The zero-order valence-electron chi connectivity index (χ0n) is 18.1. The van der Waals surface area contributed by atoms with E-state index in [0.29, 0.717) is 0 Å². The first kappa shape index (κ1) is 19.2. The van der Waals surface area contributed by atoms with Crippen molar-refractivity contribution in [1.29, 1.82) is 0 Å². The summed E-state index contributed by atoms with van der Waals surface area (Å²) in [6.07, 6.45) is 3.64. The molecule has 0 amide bonds. The molecule has 0 aliphatic carbocycles. The van der Waals surface area contributed by atoms with Gasteiger partial charge in [-0.25, -0.2) is 4.98 Å². The van der Waals surface area contributed by atoms with Crippen LogP contribution in [0.1, 0.15) is 0 Å². The van der Waals surface area contributed by atoms with Crippen molar-refractivity contribution in [3.05, 3.63) is 110 Å². The van der Waals surface area contributed by atoms with Crippen LogP contribution < -0.4 is 0 Å². The molecule has 0 saturated heterocycles. The Morgan fingerprint density at radius 2 is 1.21 bits per heavy atom. The second-order valence-corrected chi connectivity index (χ2v) is 7.99. The summed E-state index contributed by atoms with van der Waals surface area (Å²) in [6.45, 7) is 0. The van der Waals surface area contributed by atoms with E-state index in [4.69, 9.17) is 0 Å². The molecule has 6 aromatic rings. The van der Waals surface area contributed by atoms with Gasteiger partial charge in [0.2, 0.25) is 0 Å². The summed E-state index contributed by atoms with van der Waals surface area (Å²) in [7, 11) is 2.01. The molecule has 0 N–H and O–H groups in total. The van der Waals surface area contributed by atoms with Gasteiger partial charge in [0.25, 0.3) is 0 Å². The quantitative estimate of drug-likeness (QED) is 0.339. The third kappa shape index (κ3) is 3.22. The van der Waals surface area contributed by atoms with Gasteiger partial charge < -0.3 is 4.57 Å². The molecule has 6 rings (SSSR count). The van der Waals surface area contributed by atoms with Crippen LogP contribution in [0.4, 0.5) is 0 Å². The first-order valence-corrected chi connectivity index (χ1v) is 10.9. The van der Waals surface area contributed by atoms with Gasteiger partial charge in [-0.05, 0) is 23.3 Å². The molecule has 0 aliphatic heterocycles. The van der Waals surface area contributed by atoms with Crippen LogP contribution in [0.2, 0.25) is 0 Å². The van der Waals surface area contributed by atoms with Crippen molar-refractivity contribution in [2.45, 2.75) is 0 Å². The molecule has 0 atom stereocenters. The average molecular weight is 428 g/mol. The van der Waals surface area contributed by atoms with E-state index in [1.54, 1.807) is 6.33 Å². The summed E-state index contributed by atoms with van der Waals surface area (Å²) >= 11 is 0. The highest BCUT2D eigenvalue weighted by Crippen LogP contribution is 2.38. The van der Waals surface area contributed by atoms with E-state index in [-0.39, 0.29) is 0 Å². The highest BCUT2D eigenvalue weighted by molar-refractivity contribution is 5.92. The van der Waals surface area contributed by atoms with Crippen LogP contribution >= 0.6 is 0 Å². The van der Waals surface area contributed by atoms with Crippen molar-refractivity contribution in [1.82, 2.24) is 24.3 Å². The molecular formula is C28H21N5. The number of aryl methyl sites for hydroxylation is 1. The Kier molecular flexibility index (Phi) is 4.58. The van der Waals surface area contributed by atoms with Gasteiger partial charge in [0.05, 0.1) is 23.0 Å².